The predicted molar refractivity (Wildman–Crippen MR) is 88.5 cm³/mol. The summed E-state index contributed by atoms with van der Waals surface area (Å²) in [6.07, 6.45) is 1.88. The lowest BCUT2D eigenvalue weighted by atomic mass is 10.2. The highest BCUT2D eigenvalue weighted by Gasteiger charge is 2.11. The third kappa shape index (κ3) is 1.98. The molecular formula is C16H14N4S. The summed E-state index contributed by atoms with van der Waals surface area (Å²) in [4.78, 5) is 5.42. The third-order valence-corrected chi connectivity index (χ3v) is 4.58. The summed E-state index contributed by atoms with van der Waals surface area (Å²) in [7, 11) is 0. The van der Waals surface area contributed by atoms with Crippen molar-refractivity contribution in [2.75, 3.05) is 5.43 Å². The predicted octanol–water partition coefficient (Wildman–Crippen LogP) is 3.58. The molecule has 4 rings (SSSR count). The molecule has 0 bridgehead atoms. The number of nitrogens with two attached hydrogens (primary N) is 1. The van der Waals surface area contributed by atoms with Crippen LogP contribution in [0.5, 0.6) is 0 Å². The summed E-state index contributed by atoms with van der Waals surface area (Å²) >= 11 is 1.58. The van der Waals surface area contributed by atoms with Crippen LogP contribution < -0.4 is 11.3 Å². The van der Waals surface area contributed by atoms with Crippen molar-refractivity contribution in [3.05, 3.63) is 59.6 Å². The number of benzene rings is 2. The molecule has 0 aliphatic carbocycles. The Hall–Kier alpha value is -2.37. The van der Waals surface area contributed by atoms with E-state index >= 15 is 0 Å². The Morgan fingerprint density at radius 3 is 2.19 bits per heavy atom. The number of hydrazine groups is 1. The van der Waals surface area contributed by atoms with E-state index in [2.05, 4.69) is 63.5 Å². The fourth-order valence-corrected chi connectivity index (χ4v) is 3.49. The van der Waals surface area contributed by atoms with Crippen LogP contribution in [0.25, 0.3) is 21.8 Å². The molecule has 4 nitrogen and oxygen atoms in total. The van der Waals surface area contributed by atoms with Gasteiger partial charge in [-0.25, -0.2) is 10.8 Å². The van der Waals surface area contributed by atoms with E-state index in [4.69, 9.17) is 5.84 Å². The van der Waals surface area contributed by atoms with Crippen LogP contribution in [0.3, 0.4) is 0 Å². The summed E-state index contributed by atoms with van der Waals surface area (Å²) in [6.45, 7) is 0.799. The first-order chi connectivity index (χ1) is 10.4. The van der Waals surface area contributed by atoms with Crippen LogP contribution in [0.4, 0.5) is 5.13 Å². The summed E-state index contributed by atoms with van der Waals surface area (Å²) < 4.78 is 2.33. The first-order valence-corrected chi connectivity index (χ1v) is 7.56. The van der Waals surface area contributed by atoms with E-state index in [0.29, 0.717) is 0 Å². The molecule has 4 aromatic rings. The van der Waals surface area contributed by atoms with Gasteiger partial charge in [0.05, 0.1) is 6.54 Å². The molecule has 2 heterocycles. The first-order valence-electron chi connectivity index (χ1n) is 6.74. The number of aromatic nitrogens is 2. The lowest BCUT2D eigenvalue weighted by Gasteiger charge is -2.05. The van der Waals surface area contributed by atoms with Gasteiger partial charge in [0.2, 0.25) is 0 Å². The first kappa shape index (κ1) is 12.4. The molecule has 0 spiro atoms. The molecule has 0 aliphatic rings. The van der Waals surface area contributed by atoms with E-state index in [1.54, 1.807) is 11.3 Å². The largest absolute Gasteiger partial charge is 0.335 e. The van der Waals surface area contributed by atoms with Gasteiger partial charge in [0.15, 0.2) is 5.13 Å². The SMILES string of the molecule is NNc1ncc(Cn2c3ccccc3c3ccccc32)s1. The number of nitrogen functional groups attached to an aromatic ring is 1. The van der Waals surface area contributed by atoms with Crippen molar-refractivity contribution in [3.8, 4) is 0 Å². The maximum atomic E-state index is 5.41. The van der Waals surface area contributed by atoms with E-state index in [-0.39, 0.29) is 0 Å². The highest BCUT2D eigenvalue weighted by Crippen LogP contribution is 2.30. The van der Waals surface area contributed by atoms with Crippen molar-refractivity contribution in [1.29, 1.82) is 0 Å². The van der Waals surface area contributed by atoms with Gasteiger partial charge in [0.25, 0.3) is 0 Å². The van der Waals surface area contributed by atoms with Crippen molar-refractivity contribution in [3.63, 3.8) is 0 Å². The smallest absolute Gasteiger partial charge is 0.197 e. The van der Waals surface area contributed by atoms with Crippen LogP contribution in [-0.4, -0.2) is 9.55 Å². The Labute approximate surface area is 125 Å². The molecule has 0 unspecified atom stereocenters. The zero-order valence-corrected chi connectivity index (χ0v) is 12.1. The molecule has 3 N–H and O–H groups in total. The maximum absolute atomic E-state index is 5.41. The summed E-state index contributed by atoms with van der Waals surface area (Å²) in [5.41, 5.74) is 5.09. The highest BCUT2D eigenvalue weighted by atomic mass is 32.1. The van der Waals surface area contributed by atoms with Crippen LogP contribution >= 0.6 is 11.3 Å². The Morgan fingerprint density at radius 1 is 1.00 bits per heavy atom. The quantitative estimate of drug-likeness (QED) is 0.448. The average molecular weight is 294 g/mol. The summed E-state index contributed by atoms with van der Waals surface area (Å²) in [5, 5.41) is 3.32. The maximum Gasteiger partial charge on any atom is 0.197 e. The number of hydrogen-bond donors (Lipinski definition) is 2. The molecule has 0 saturated carbocycles. The Bertz CT molecular complexity index is 869. The van der Waals surface area contributed by atoms with Crippen LogP contribution in [0.2, 0.25) is 0 Å². The number of anilines is 1. The molecule has 0 fully saturated rings. The molecule has 0 saturated heterocycles. The number of hydrogen-bond acceptors (Lipinski definition) is 4. The van der Waals surface area contributed by atoms with Crippen molar-refractivity contribution >= 4 is 38.3 Å². The Balaban J connectivity index is 1.93. The van der Waals surface area contributed by atoms with Crippen molar-refractivity contribution in [2.45, 2.75) is 6.54 Å². The molecule has 21 heavy (non-hydrogen) atoms. The molecule has 5 heteroatoms. The topological polar surface area (TPSA) is 55.9 Å². The zero-order valence-electron chi connectivity index (χ0n) is 11.3. The van der Waals surface area contributed by atoms with E-state index < -0.39 is 0 Å². The number of fused-ring (bicyclic) bond motifs is 3. The molecule has 104 valence electrons. The Morgan fingerprint density at radius 2 is 1.62 bits per heavy atom. The highest BCUT2D eigenvalue weighted by molar-refractivity contribution is 7.15. The van der Waals surface area contributed by atoms with E-state index in [0.717, 1.165) is 11.7 Å². The number of thiazole rings is 1. The van der Waals surface area contributed by atoms with Gasteiger partial charge in [0, 0.05) is 32.9 Å². The normalized spacial score (nSPS) is 11.3. The lowest BCUT2D eigenvalue weighted by molar-refractivity contribution is 0.882. The van der Waals surface area contributed by atoms with Crippen LogP contribution in [0.1, 0.15) is 4.88 Å². The fraction of sp³-hybridized carbons (Fsp3) is 0.0625. The molecule has 0 amide bonds. The van der Waals surface area contributed by atoms with Gasteiger partial charge in [-0.15, -0.1) is 0 Å². The molecule has 0 radical (unpaired) electrons. The monoisotopic (exact) mass is 294 g/mol. The van der Waals surface area contributed by atoms with E-state index in [1.807, 2.05) is 6.20 Å². The number of para-hydroxylation sites is 2. The van der Waals surface area contributed by atoms with Crippen LogP contribution in [0, 0.1) is 0 Å². The number of rotatable bonds is 3. The minimum absolute atomic E-state index is 0.741. The summed E-state index contributed by atoms with van der Waals surface area (Å²) in [6, 6.07) is 17.0. The molecule has 2 aromatic heterocycles. The second kappa shape index (κ2) is 4.87. The van der Waals surface area contributed by atoms with E-state index in [1.165, 1.54) is 26.7 Å². The van der Waals surface area contributed by atoms with Gasteiger partial charge in [0.1, 0.15) is 0 Å². The molecule has 0 aliphatic heterocycles. The minimum atomic E-state index is 0.741. The zero-order chi connectivity index (χ0) is 14.2. The van der Waals surface area contributed by atoms with Gasteiger partial charge in [-0.05, 0) is 12.1 Å². The summed E-state index contributed by atoms with van der Waals surface area (Å²) in [5.74, 6) is 5.41. The molecular weight excluding hydrogens is 280 g/mol. The average Bonchev–Trinajstić information content (AvgIpc) is 3.12. The van der Waals surface area contributed by atoms with Crippen molar-refractivity contribution in [2.24, 2.45) is 5.84 Å². The van der Waals surface area contributed by atoms with Gasteiger partial charge in [-0.1, -0.05) is 47.7 Å². The van der Waals surface area contributed by atoms with Gasteiger partial charge < -0.3 is 4.57 Å². The van der Waals surface area contributed by atoms with Gasteiger partial charge >= 0.3 is 0 Å². The van der Waals surface area contributed by atoms with Gasteiger partial charge in [-0.2, -0.15) is 0 Å². The number of nitrogens with zero attached hydrogens (tertiary/aromatic N) is 2. The second-order valence-corrected chi connectivity index (χ2v) is 6.01. The van der Waals surface area contributed by atoms with Crippen molar-refractivity contribution in [1.82, 2.24) is 9.55 Å². The minimum Gasteiger partial charge on any atom is -0.335 e. The second-order valence-electron chi connectivity index (χ2n) is 4.90. The fourth-order valence-electron chi connectivity index (χ4n) is 2.78. The third-order valence-electron chi connectivity index (χ3n) is 3.67. The number of nitrogens with one attached hydrogen (secondary N) is 1. The Kier molecular flexibility index (Phi) is 2.87. The van der Waals surface area contributed by atoms with Crippen LogP contribution in [-0.2, 0) is 6.54 Å². The molecule has 0 atom stereocenters. The van der Waals surface area contributed by atoms with E-state index in [9.17, 15) is 0 Å². The van der Waals surface area contributed by atoms with Crippen molar-refractivity contribution < 1.29 is 0 Å². The van der Waals surface area contributed by atoms with Crippen LogP contribution in [0.15, 0.2) is 54.7 Å². The standard InChI is InChI=1S/C16H14N4S/c17-19-16-18-9-11(21-16)10-20-14-7-3-1-5-12(14)13-6-2-4-8-15(13)20/h1-9H,10,17H2,(H,18,19). The lowest BCUT2D eigenvalue weighted by Crippen LogP contribution is -2.05. The molecule has 2 aromatic carbocycles. The van der Waals surface area contributed by atoms with Gasteiger partial charge in [-0.3, -0.25) is 5.43 Å².